The first-order valence-electron chi connectivity index (χ1n) is 5.44. The maximum Gasteiger partial charge on any atom is 0.408 e. The molecular weight excluding hydrogens is 296 g/mol. The highest BCUT2D eigenvalue weighted by Crippen LogP contribution is 2.36. The zero-order chi connectivity index (χ0) is 14.0. The summed E-state index contributed by atoms with van der Waals surface area (Å²) in [5.41, 5.74) is -0.0205. The van der Waals surface area contributed by atoms with Gasteiger partial charge in [0.05, 0.1) is 12.7 Å². The Morgan fingerprint density at radius 2 is 2.10 bits per heavy atom. The molecule has 8 heteroatoms. The molecule has 5 nitrogen and oxygen atoms in total. The van der Waals surface area contributed by atoms with E-state index in [4.69, 9.17) is 0 Å². The van der Waals surface area contributed by atoms with E-state index < -0.39 is 30.6 Å². The molecule has 0 radical (unpaired) electrons. The molecule has 0 saturated carbocycles. The summed E-state index contributed by atoms with van der Waals surface area (Å²) < 4.78 is 36.4. The Kier molecular flexibility index (Phi) is 4.88. The summed E-state index contributed by atoms with van der Waals surface area (Å²) in [6.07, 6.45) is -0.949. The van der Waals surface area contributed by atoms with E-state index in [0.717, 1.165) is 7.11 Å². The first kappa shape index (κ1) is 16.2. The van der Waals surface area contributed by atoms with Crippen molar-refractivity contribution in [1.82, 2.24) is 5.32 Å². The highest BCUT2D eigenvalue weighted by atomic mass is 35.5. The van der Waals surface area contributed by atoms with Crippen molar-refractivity contribution in [3.63, 3.8) is 0 Å². The van der Waals surface area contributed by atoms with Crippen LogP contribution in [0.15, 0.2) is 24.3 Å². The molecule has 1 fully saturated rings. The number of halogens is 3. The largest absolute Gasteiger partial charge is 0.465 e. The van der Waals surface area contributed by atoms with Crippen LogP contribution in [0.1, 0.15) is 22.0 Å². The van der Waals surface area contributed by atoms with Gasteiger partial charge in [0.1, 0.15) is 6.04 Å². The summed E-state index contributed by atoms with van der Waals surface area (Å²) in [6, 6.07) is 4.10. The normalized spacial score (nSPS) is 20.1. The van der Waals surface area contributed by atoms with Crippen LogP contribution in [0.3, 0.4) is 0 Å². The van der Waals surface area contributed by atoms with Gasteiger partial charge in [-0.3, -0.25) is 0 Å². The lowest BCUT2D eigenvalue weighted by atomic mass is 9.95. The number of alkyl halides is 2. The van der Waals surface area contributed by atoms with Crippen molar-refractivity contribution < 1.29 is 27.8 Å². The molecule has 2 rings (SSSR count). The average molecular weight is 308 g/mol. The maximum absolute atomic E-state index is 13.8. The number of nitrogens with one attached hydrogen (secondary N) is 1. The zero-order valence-corrected chi connectivity index (χ0v) is 11.2. The second kappa shape index (κ2) is 6.04. The van der Waals surface area contributed by atoms with Crippen molar-refractivity contribution in [3.8, 4) is 0 Å². The first-order chi connectivity index (χ1) is 8.95. The van der Waals surface area contributed by atoms with E-state index in [0.29, 0.717) is 0 Å². The SMILES string of the molecule is COC(=O)c1ccccc1[C@H]1NC(=O)OCC1(F)F.Cl. The summed E-state index contributed by atoms with van der Waals surface area (Å²) in [4.78, 5) is 22.7. The quantitative estimate of drug-likeness (QED) is 0.852. The van der Waals surface area contributed by atoms with Crippen molar-refractivity contribution in [2.45, 2.75) is 12.0 Å². The molecule has 1 saturated heterocycles. The maximum atomic E-state index is 13.8. The summed E-state index contributed by atoms with van der Waals surface area (Å²) in [7, 11) is 1.15. The van der Waals surface area contributed by atoms with Crippen LogP contribution in [0.25, 0.3) is 0 Å². The van der Waals surface area contributed by atoms with E-state index in [1.54, 1.807) is 0 Å². The van der Waals surface area contributed by atoms with Crippen LogP contribution in [0.5, 0.6) is 0 Å². The van der Waals surface area contributed by atoms with E-state index >= 15 is 0 Å². The molecule has 1 amide bonds. The van der Waals surface area contributed by atoms with Crippen molar-refractivity contribution in [2.75, 3.05) is 13.7 Å². The van der Waals surface area contributed by atoms with Gasteiger partial charge in [0.2, 0.25) is 0 Å². The minimum atomic E-state index is -3.31. The standard InChI is InChI=1S/C12H11F2NO4.ClH/c1-18-10(16)8-5-3-2-4-7(8)9-12(13,14)6-19-11(17)15-9;/h2-5,9H,6H2,1H3,(H,15,17);1H/t9-;/m1./s1. The van der Waals surface area contributed by atoms with Crippen LogP contribution in [-0.4, -0.2) is 31.7 Å². The van der Waals surface area contributed by atoms with E-state index in [-0.39, 0.29) is 23.5 Å². The van der Waals surface area contributed by atoms with Crippen LogP contribution in [-0.2, 0) is 9.47 Å². The van der Waals surface area contributed by atoms with Crippen molar-refractivity contribution in [1.29, 1.82) is 0 Å². The van der Waals surface area contributed by atoms with Gasteiger partial charge in [-0.2, -0.15) is 0 Å². The third-order valence-electron chi connectivity index (χ3n) is 2.76. The number of alkyl carbamates (subject to hydrolysis) is 1. The lowest BCUT2D eigenvalue weighted by Crippen LogP contribution is -2.50. The van der Waals surface area contributed by atoms with Crippen LogP contribution in [0.2, 0.25) is 0 Å². The molecule has 20 heavy (non-hydrogen) atoms. The number of esters is 1. The lowest BCUT2D eigenvalue weighted by Gasteiger charge is -2.32. The Bertz CT molecular complexity index is 524. The Balaban J connectivity index is 0.00000200. The van der Waals surface area contributed by atoms with Gasteiger partial charge in [-0.25, -0.2) is 18.4 Å². The van der Waals surface area contributed by atoms with Crippen molar-refractivity contribution in [3.05, 3.63) is 35.4 Å². The number of cyclic esters (lactones) is 1. The predicted molar refractivity (Wildman–Crippen MR) is 67.2 cm³/mol. The number of carbonyl (C=O) groups is 2. The minimum absolute atomic E-state index is 0. The Morgan fingerprint density at radius 3 is 2.75 bits per heavy atom. The Labute approximate surface area is 119 Å². The second-order valence-electron chi connectivity index (χ2n) is 3.99. The Hall–Kier alpha value is -1.89. The van der Waals surface area contributed by atoms with Crippen LogP contribution < -0.4 is 5.32 Å². The summed E-state index contributed by atoms with van der Waals surface area (Å²) in [5, 5.41) is 2.02. The molecule has 0 aliphatic carbocycles. The summed E-state index contributed by atoms with van der Waals surface area (Å²) in [6.45, 7) is -1.03. The topological polar surface area (TPSA) is 64.6 Å². The van der Waals surface area contributed by atoms with Crippen LogP contribution in [0.4, 0.5) is 13.6 Å². The van der Waals surface area contributed by atoms with Gasteiger partial charge in [-0.05, 0) is 11.6 Å². The van der Waals surface area contributed by atoms with Gasteiger partial charge in [-0.15, -0.1) is 12.4 Å². The molecule has 0 unspecified atom stereocenters. The van der Waals surface area contributed by atoms with E-state index in [9.17, 15) is 18.4 Å². The van der Waals surface area contributed by atoms with Crippen LogP contribution in [0, 0.1) is 0 Å². The average Bonchev–Trinajstić information content (AvgIpc) is 2.41. The molecule has 0 bridgehead atoms. The molecular formula is C12H12ClF2NO4. The van der Waals surface area contributed by atoms with E-state index in [1.165, 1.54) is 24.3 Å². The Morgan fingerprint density at radius 1 is 1.45 bits per heavy atom. The number of ether oxygens (including phenoxy) is 2. The molecule has 1 aliphatic heterocycles. The van der Waals surface area contributed by atoms with E-state index in [2.05, 4.69) is 9.47 Å². The van der Waals surface area contributed by atoms with Crippen molar-refractivity contribution in [2.24, 2.45) is 0 Å². The molecule has 1 N–H and O–H groups in total. The molecule has 1 aromatic rings. The van der Waals surface area contributed by atoms with Gasteiger partial charge in [0, 0.05) is 0 Å². The number of methoxy groups -OCH3 is 1. The van der Waals surface area contributed by atoms with Gasteiger partial charge in [-0.1, -0.05) is 18.2 Å². The summed E-state index contributed by atoms with van der Waals surface area (Å²) >= 11 is 0. The number of benzene rings is 1. The van der Waals surface area contributed by atoms with Crippen LogP contribution >= 0.6 is 12.4 Å². The van der Waals surface area contributed by atoms with Gasteiger partial charge in [0.25, 0.3) is 0 Å². The number of hydrogen-bond donors (Lipinski definition) is 1. The molecule has 1 atom stereocenters. The molecule has 0 aromatic heterocycles. The lowest BCUT2D eigenvalue weighted by molar-refractivity contribution is -0.104. The number of rotatable bonds is 2. The molecule has 1 aromatic carbocycles. The van der Waals surface area contributed by atoms with Gasteiger partial charge in [0.15, 0.2) is 6.61 Å². The third-order valence-corrected chi connectivity index (χ3v) is 2.76. The van der Waals surface area contributed by atoms with Gasteiger partial charge >= 0.3 is 18.0 Å². The number of amides is 1. The zero-order valence-electron chi connectivity index (χ0n) is 10.4. The number of carbonyl (C=O) groups excluding carboxylic acids is 2. The summed E-state index contributed by atoms with van der Waals surface area (Å²) in [5.74, 6) is -4.05. The van der Waals surface area contributed by atoms with E-state index in [1.807, 2.05) is 5.32 Å². The first-order valence-corrected chi connectivity index (χ1v) is 5.44. The van der Waals surface area contributed by atoms with Crippen molar-refractivity contribution >= 4 is 24.5 Å². The highest BCUT2D eigenvalue weighted by Gasteiger charge is 2.47. The second-order valence-corrected chi connectivity index (χ2v) is 3.99. The monoisotopic (exact) mass is 307 g/mol. The molecule has 110 valence electrons. The smallest absolute Gasteiger partial charge is 0.408 e. The van der Waals surface area contributed by atoms with Gasteiger partial charge < -0.3 is 14.8 Å². The third kappa shape index (κ3) is 2.98. The molecule has 1 heterocycles. The fourth-order valence-electron chi connectivity index (χ4n) is 1.86. The molecule has 0 spiro atoms. The number of hydrogen-bond acceptors (Lipinski definition) is 4. The minimum Gasteiger partial charge on any atom is -0.465 e. The highest BCUT2D eigenvalue weighted by molar-refractivity contribution is 5.91. The molecule has 1 aliphatic rings. The predicted octanol–water partition coefficient (Wildman–Crippen LogP) is 2.31. The fourth-order valence-corrected chi connectivity index (χ4v) is 1.86. The fraction of sp³-hybridized carbons (Fsp3) is 0.333.